The molecular weight excluding hydrogens is 214 g/mol. The van der Waals surface area contributed by atoms with Crippen molar-refractivity contribution in [3.63, 3.8) is 0 Å². The molecule has 2 aliphatic heterocycles. The molecule has 0 spiro atoms. The number of piperazine rings is 1. The van der Waals surface area contributed by atoms with Crippen LogP contribution in [0.1, 0.15) is 33.1 Å². The van der Waals surface area contributed by atoms with Crippen LogP contribution in [-0.4, -0.2) is 47.4 Å². The first-order valence-electron chi connectivity index (χ1n) is 6.61. The highest BCUT2D eigenvalue weighted by Crippen LogP contribution is 2.25. The average molecular weight is 235 g/mol. The molecule has 0 saturated carbocycles. The van der Waals surface area contributed by atoms with Gasteiger partial charge in [-0.25, -0.2) is 0 Å². The predicted octanol–water partition coefficient (Wildman–Crippen LogP) is 1.23. The Balaban J connectivity index is 2.05. The molecule has 0 aromatic carbocycles. The van der Waals surface area contributed by atoms with E-state index in [4.69, 9.17) is 5.26 Å². The average Bonchev–Trinajstić information content (AvgIpc) is 2.76. The maximum atomic E-state index is 12.2. The van der Waals surface area contributed by atoms with Crippen LogP contribution in [-0.2, 0) is 4.79 Å². The van der Waals surface area contributed by atoms with Gasteiger partial charge in [-0.15, -0.1) is 0 Å². The Bertz CT molecular complexity index is 336. The SMILES string of the molecule is CCC(C#N)C(=O)N1CC2CCCN2CC1C. The molecule has 2 fully saturated rings. The van der Waals surface area contributed by atoms with Gasteiger partial charge in [-0.2, -0.15) is 5.26 Å². The van der Waals surface area contributed by atoms with E-state index >= 15 is 0 Å². The molecule has 2 saturated heterocycles. The van der Waals surface area contributed by atoms with Gasteiger partial charge in [0.1, 0.15) is 5.92 Å². The highest BCUT2D eigenvalue weighted by Gasteiger charge is 2.37. The summed E-state index contributed by atoms with van der Waals surface area (Å²) in [5.74, 6) is -0.417. The first-order valence-corrected chi connectivity index (χ1v) is 6.61. The Labute approximate surface area is 103 Å². The van der Waals surface area contributed by atoms with E-state index in [-0.39, 0.29) is 11.9 Å². The van der Waals surface area contributed by atoms with Gasteiger partial charge in [-0.1, -0.05) is 6.92 Å². The Morgan fingerprint density at radius 2 is 2.29 bits per heavy atom. The number of carbonyl (C=O) groups is 1. The largest absolute Gasteiger partial charge is 0.336 e. The summed E-state index contributed by atoms with van der Waals surface area (Å²) < 4.78 is 0. The topological polar surface area (TPSA) is 47.3 Å². The second-order valence-electron chi connectivity index (χ2n) is 5.22. The molecule has 3 atom stereocenters. The quantitative estimate of drug-likeness (QED) is 0.723. The number of amides is 1. The molecule has 0 bridgehead atoms. The molecule has 2 aliphatic rings. The second-order valence-corrected chi connectivity index (χ2v) is 5.22. The fraction of sp³-hybridized carbons (Fsp3) is 0.846. The van der Waals surface area contributed by atoms with Gasteiger partial charge >= 0.3 is 0 Å². The standard InChI is InChI=1S/C13H21N3O/c1-3-11(7-14)13(17)16-9-12-5-4-6-15(12)8-10(16)2/h10-12H,3-6,8-9H2,1-2H3. The summed E-state index contributed by atoms with van der Waals surface area (Å²) in [5, 5.41) is 8.99. The molecule has 2 rings (SSSR count). The van der Waals surface area contributed by atoms with Crippen molar-refractivity contribution in [2.75, 3.05) is 19.6 Å². The number of hydrogen-bond donors (Lipinski definition) is 0. The molecule has 3 unspecified atom stereocenters. The van der Waals surface area contributed by atoms with Gasteiger partial charge in [0.2, 0.25) is 5.91 Å². The summed E-state index contributed by atoms with van der Waals surface area (Å²) >= 11 is 0. The van der Waals surface area contributed by atoms with Crippen molar-refractivity contribution in [1.29, 1.82) is 5.26 Å². The summed E-state index contributed by atoms with van der Waals surface area (Å²) in [7, 11) is 0. The molecule has 0 aromatic heterocycles. The molecule has 4 heteroatoms. The van der Waals surface area contributed by atoms with Gasteiger partial charge in [0.05, 0.1) is 6.07 Å². The predicted molar refractivity (Wildman–Crippen MR) is 65.2 cm³/mol. The Kier molecular flexibility index (Phi) is 3.68. The molecule has 0 aromatic rings. The number of fused-ring (bicyclic) bond motifs is 1. The summed E-state index contributed by atoms with van der Waals surface area (Å²) in [6.45, 7) is 6.96. The molecule has 17 heavy (non-hydrogen) atoms. The van der Waals surface area contributed by atoms with Crippen molar-refractivity contribution in [2.24, 2.45) is 5.92 Å². The zero-order chi connectivity index (χ0) is 12.4. The lowest BCUT2D eigenvalue weighted by molar-refractivity contribution is -0.139. The van der Waals surface area contributed by atoms with Gasteiger partial charge in [-0.05, 0) is 32.7 Å². The van der Waals surface area contributed by atoms with E-state index in [2.05, 4.69) is 17.9 Å². The first kappa shape index (κ1) is 12.4. The third kappa shape index (κ3) is 2.30. The molecular formula is C13H21N3O. The van der Waals surface area contributed by atoms with Crippen molar-refractivity contribution in [2.45, 2.75) is 45.2 Å². The molecule has 2 heterocycles. The maximum Gasteiger partial charge on any atom is 0.240 e. The third-order valence-electron chi connectivity index (χ3n) is 4.08. The van der Waals surface area contributed by atoms with Crippen molar-refractivity contribution in [3.8, 4) is 6.07 Å². The highest BCUT2D eigenvalue weighted by atomic mass is 16.2. The van der Waals surface area contributed by atoms with Crippen molar-refractivity contribution in [1.82, 2.24) is 9.80 Å². The van der Waals surface area contributed by atoms with Crippen LogP contribution in [0.2, 0.25) is 0 Å². The zero-order valence-corrected chi connectivity index (χ0v) is 10.7. The molecule has 1 amide bonds. The van der Waals surface area contributed by atoms with E-state index in [1.165, 1.54) is 19.4 Å². The molecule has 94 valence electrons. The summed E-state index contributed by atoms with van der Waals surface area (Å²) in [6.07, 6.45) is 3.06. The van der Waals surface area contributed by atoms with Crippen LogP contribution < -0.4 is 0 Å². The van der Waals surface area contributed by atoms with Crippen LogP contribution in [0.4, 0.5) is 0 Å². The number of nitrogens with zero attached hydrogens (tertiary/aromatic N) is 3. The second kappa shape index (κ2) is 5.05. The van der Waals surface area contributed by atoms with Crippen LogP contribution in [0, 0.1) is 17.2 Å². The third-order valence-corrected chi connectivity index (χ3v) is 4.08. The van der Waals surface area contributed by atoms with Crippen LogP contribution in [0.5, 0.6) is 0 Å². The van der Waals surface area contributed by atoms with Crippen LogP contribution in [0.15, 0.2) is 0 Å². The van der Waals surface area contributed by atoms with E-state index in [1.807, 2.05) is 11.8 Å². The minimum atomic E-state index is -0.453. The van der Waals surface area contributed by atoms with Crippen molar-refractivity contribution < 1.29 is 4.79 Å². The van der Waals surface area contributed by atoms with Gasteiger partial charge < -0.3 is 4.90 Å². The number of rotatable bonds is 2. The van der Waals surface area contributed by atoms with E-state index < -0.39 is 5.92 Å². The van der Waals surface area contributed by atoms with Gasteiger partial charge in [0.15, 0.2) is 0 Å². The number of carbonyl (C=O) groups excluding carboxylic acids is 1. The lowest BCUT2D eigenvalue weighted by atomic mass is 10.0. The smallest absolute Gasteiger partial charge is 0.240 e. The van der Waals surface area contributed by atoms with Gasteiger partial charge in [-0.3, -0.25) is 9.69 Å². The lowest BCUT2D eigenvalue weighted by Gasteiger charge is -2.42. The van der Waals surface area contributed by atoms with Crippen LogP contribution in [0.3, 0.4) is 0 Å². The highest BCUT2D eigenvalue weighted by molar-refractivity contribution is 5.81. The van der Waals surface area contributed by atoms with E-state index in [9.17, 15) is 4.79 Å². The fourth-order valence-electron chi connectivity index (χ4n) is 3.02. The lowest BCUT2D eigenvalue weighted by Crippen LogP contribution is -2.57. The monoisotopic (exact) mass is 235 g/mol. The molecule has 0 aliphatic carbocycles. The first-order chi connectivity index (χ1) is 8.17. The number of hydrogen-bond acceptors (Lipinski definition) is 3. The normalized spacial score (nSPS) is 30.8. The number of nitriles is 1. The summed E-state index contributed by atoms with van der Waals surface area (Å²) in [6, 6.07) is 2.91. The minimum Gasteiger partial charge on any atom is -0.336 e. The van der Waals surface area contributed by atoms with Gasteiger partial charge in [0, 0.05) is 25.2 Å². The van der Waals surface area contributed by atoms with Crippen molar-refractivity contribution >= 4 is 5.91 Å². The fourth-order valence-corrected chi connectivity index (χ4v) is 3.02. The van der Waals surface area contributed by atoms with E-state index in [0.29, 0.717) is 12.5 Å². The van der Waals surface area contributed by atoms with Crippen molar-refractivity contribution in [3.05, 3.63) is 0 Å². The summed E-state index contributed by atoms with van der Waals surface area (Å²) in [5.41, 5.74) is 0. The zero-order valence-electron chi connectivity index (χ0n) is 10.7. The molecule has 0 N–H and O–H groups in total. The van der Waals surface area contributed by atoms with E-state index in [1.54, 1.807) is 0 Å². The minimum absolute atomic E-state index is 0.0362. The van der Waals surface area contributed by atoms with E-state index in [0.717, 1.165) is 13.1 Å². The molecule has 4 nitrogen and oxygen atoms in total. The molecule has 0 radical (unpaired) electrons. The Morgan fingerprint density at radius 3 is 2.94 bits per heavy atom. The maximum absolute atomic E-state index is 12.2. The van der Waals surface area contributed by atoms with Crippen LogP contribution >= 0.6 is 0 Å². The van der Waals surface area contributed by atoms with Gasteiger partial charge in [0.25, 0.3) is 0 Å². The summed E-state index contributed by atoms with van der Waals surface area (Å²) in [4.78, 5) is 16.7. The Morgan fingerprint density at radius 1 is 1.53 bits per heavy atom. The Hall–Kier alpha value is -1.08. The van der Waals surface area contributed by atoms with Crippen LogP contribution in [0.25, 0.3) is 0 Å².